The predicted octanol–water partition coefficient (Wildman–Crippen LogP) is 2.99. The van der Waals surface area contributed by atoms with E-state index in [2.05, 4.69) is 35.3 Å². The molecule has 0 aromatic heterocycles. The van der Waals surface area contributed by atoms with E-state index in [9.17, 15) is 5.11 Å². The first-order valence-corrected chi connectivity index (χ1v) is 43.8. The number of hydrogen-bond acceptors (Lipinski definition) is 2. The van der Waals surface area contributed by atoms with Gasteiger partial charge >= 0.3 is 131 Å². The van der Waals surface area contributed by atoms with Gasteiger partial charge < -0.3 is 0 Å². The summed E-state index contributed by atoms with van der Waals surface area (Å²) < 4.78 is 8.67. The second-order valence-corrected chi connectivity index (χ2v) is 30.6. The van der Waals surface area contributed by atoms with E-state index < -0.39 is 46.1 Å². The van der Waals surface area contributed by atoms with Crippen LogP contribution in [0.2, 0.25) is 7.86 Å². The van der Waals surface area contributed by atoms with Gasteiger partial charge in [-0.3, -0.25) is 0 Å². The third kappa shape index (κ3) is 5.73. The third-order valence-corrected chi connectivity index (χ3v) is 20.2. The molecule has 1 aliphatic heterocycles. The van der Waals surface area contributed by atoms with Gasteiger partial charge in [0.15, 0.2) is 0 Å². The molecule has 0 spiro atoms. The summed E-state index contributed by atoms with van der Waals surface area (Å²) in [5.41, 5.74) is -0.438. The maximum absolute atomic E-state index is 10.1. The minimum absolute atomic E-state index is 0.402. The summed E-state index contributed by atoms with van der Waals surface area (Å²) >= 11 is 3.97. The van der Waals surface area contributed by atoms with Crippen LogP contribution in [0.1, 0.15) is 19.8 Å². The Bertz CT molecular complexity index is 165. The van der Waals surface area contributed by atoms with Crippen LogP contribution in [0.3, 0.4) is 0 Å². The summed E-state index contributed by atoms with van der Waals surface area (Å²) in [6.45, 7) is 1.99. The number of aliphatic hydroxyl groups is 1. The Morgan fingerprint density at radius 2 is 1.71 bits per heavy atom. The molecule has 0 aliphatic carbocycles. The van der Waals surface area contributed by atoms with Gasteiger partial charge in [-0.25, -0.2) is 0 Å². The van der Waals surface area contributed by atoms with Gasteiger partial charge in [-0.1, -0.05) is 0 Å². The zero-order valence-corrected chi connectivity index (χ0v) is 23.8. The van der Waals surface area contributed by atoms with Crippen molar-refractivity contribution in [1.82, 2.24) is 0 Å². The fraction of sp³-hybridized carbons (Fsp3) is 1.00. The summed E-state index contributed by atoms with van der Waals surface area (Å²) in [4.78, 5) is 0. The second kappa shape index (κ2) is 7.63. The molecule has 2 atom stereocenters. The summed E-state index contributed by atoms with van der Waals surface area (Å²) in [5, 5.41) is 10.1. The first-order chi connectivity index (χ1) is 6.57. The van der Waals surface area contributed by atoms with Crippen molar-refractivity contribution >= 4 is 35.3 Å². The molecule has 0 aromatic carbocycles. The third-order valence-electron chi connectivity index (χ3n) is 2.58. The molecule has 1 saturated heterocycles. The molecule has 0 bridgehead atoms. The van der Waals surface area contributed by atoms with Crippen LogP contribution in [0.4, 0.5) is 0 Å². The average Bonchev–Trinajstić information content (AvgIpc) is 2.01. The van der Waals surface area contributed by atoms with Gasteiger partial charge in [0.25, 0.3) is 0 Å². The van der Waals surface area contributed by atoms with E-state index in [1.165, 1.54) is 7.86 Å². The fourth-order valence-corrected chi connectivity index (χ4v) is 18.7. The topological polar surface area (TPSA) is 29.5 Å². The molecule has 6 heteroatoms. The zero-order chi connectivity index (χ0) is 10.6. The van der Waals surface area contributed by atoms with Gasteiger partial charge in [-0.05, 0) is 0 Å². The predicted molar refractivity (Wildman–Crippen MR) is 66.2 cm³/mol. The molecule has 1 heterocycles. The van der Waals surface area contributed by atoms with Gasteiger partial charge in [-0.15, -0.1) is 0 Å². The van der Waals surface area contributed by atoms with Gasteiger partial charge in [0.1, 0.15) is 0 Å². The SMILES string of the molecule is CC1(O)CC([CH2][Hg][I])OC([CH2][Hg][I])C1. The molecule has 76 valence electrons. The fourth-order valence-electron chi connectivity index (χ4n) is 2.02. The number of rotatable bonds is 4. The summed E-state index contributed by atoms with van der Waals surface area (Å²) in [6.07, 6.45) is 2.56. The van der Waals surface area contributed by atoms with E-state index in [1.807, 2.05) is 6.92 Å². The molecule has 14 heavy (non-hydrogen) atoms. The molecule has 0 aromatic rings. The van der Waals surface area contributed by atoms with Crippen molar-refractivity contribution < 1.29 is 50.3 Å². The van der Waals surface area contributed by atoms with Gasteiger partial charge in [0.2, 0.25) is 0 Å². The van der Waals surface area contributed by atoms with Crippen LogP contribution in [0.5, 0.6) is 0 Å². The molecular weight excluding hydrogens is 783 g/mol. The van der Waals surface area contributed by atoms with Crippen molar-refractivity contribution in [2.45, 2.75) is 45.4 Å². The number of hydrogen-bond donors (Lipinski definition) is 1. The molecule has 1 fully saturated rings. The van der Waals surface area contributed by atoms with E-state index in [4.69, 9.17) is 4.74 Å². The van der Waals surface area contributed by atoms with E-state index in [0.717, 1.165) is 12.8 Å². The molecule has 1 aliphatic rings. The van der Waals surface area contributed by atoms with Crippen LogP contribution in [0.15, 0.2) is 0 Å². The minimum atomic E-state index is -0.620. The quantitative estimate of drug-likeness (QED) is 0.351. The van der Waals surface area contributed by atoms with E-state index in [-0.39, 0.29) is 0 Å². The number of halogens is 2. The summed E-state index contributed by atoms with van der Waals surface area (Å²) in [5.74, 6) is 0. The van der Waals surface area contributed by atoms with Crippen molar-refractivity contribution in [3.63, 3.8) is 0 Å². The molecule has 2 nitrogen and oxygen atoms in total. The monoisotopic (exact) mass is 800 g/mol. The van der Waals surface area contributed by atoms with E-state index in [1.54, 1.807) is 0 Å². The van der Waals surface area contributed by atoms with Gasteiger partial charge in [0.05, 0.1) is 0 Å². The first-order valence-electron chi connectivity index (χ1n) is 5.07. The molecule has 0 amide bonds. The van der Waals surface area contributed by atoms with Crippen LogP contribution in [-0.2, 0) is 45.2 Å². The van der Waals surface area contributed by atoms with Gasteiger partial charge in [-0.2, -0.15) is 0 Å². The molecule has 1 N–H and O–H groups in total. The Hall–Kier alpha value is 3.25. The van der Waals surface area contributed by atoms with Crippen molar-refractivity contribution in [2.75, 3.05) is 0 Å². The summed E-state index contributed by atoms with van der Waals surface area (Å²) in [6, 6.07) is 0. The van der Waals surface area contributed by atoms with Crippen LogP contribution >= 0.6 is 35.3 Å². The van der Waals surface area contributed by atoms with E-state index in [0.29, 0.717) is 12.2 Å². The zero-order valence-electron chi connectivity index (χ0n) is 8.51. The molecule has 2 unspecified atom stereocenters. The Morgan fingerprint density at radius 1 is 1.29 bits per heavy atom. The maximum atomic E-state index is 10.1. The van der Waals surface area contributed by atoms with Crippen molar-refractivity contribution in [1.29, 1.82) is 0 Å². The Morgan fingerprint density at radius 3 is 2.07 bits per heavy atom. The summed E-state index contributed by atoms with van der Waals surface area (Å²) in [7, 11) is 0. The van der Waals surface area contributed by atoms with Crippen LogP contribution in [-0.4, -0.2) is 22.9 Å². The molecule has 1 rings (SSSR count). The molecule has 0 radical (unpaired) electrons. The normalized spacial score (nSPS) is 37.4. The standard InChI is InChI=1S/C8H14O2.2Hg.2HI/c1-6-4-8(3,9)5-7(2)10-6;;;;/h6-7,9H,1-2,4-5H2,3H3;;;2*1H/q;2*+1;;/p-2. The second-order valence-electron chi connectivity index (χ2n) is 4.24. The Kier molecular flexibility index (Phi) is 8.35. The molecular formula is C8H14Hg2I2O2. The van der Waals surface area contributed by atoms with Crippen molar-refractivity contribution in [2.24, 2.45) is 0 Å². The van der Waals surface area contributed by atoms with Crippen LogP contribution in [0, 0.1) is 0 Å². The molecule has 0 saturated carbocycles. The Labute approximate surface area is 128 Å². The van der Waals surface area contributed by atoms with Gasteiger partial charge in [0, 0.05) is 0 Å². The Balaban J connectivity index is 2.48. The van der Waals surface area contributed by atoms with Crippen LogP contribution in [0.25, 0.3) is 0 Å². The average molecular weight is 797 g/mol. The first kappa shape index (κ1) is 15.3. The number of ether oxygens (including phenoxy) is 1. The van der Waals surface area contributed by atoms with Crippen molar-refractivity contribution in [3.8, 4) is 0 Å². The van der Waals surface area contributed by atoms with E-state index >= 15 is 0 Å². The van der Waals surface area contributed by atoms with Crippen molar-refractivity contribution in [3.05, 3.63) is 0 Å². The van der Waals surface area contributed by atoms with Crippen LogP contribution < -0.4 is 0 Å².